The average molecular weight is 215 g/mol. The van der Waals surface area contributed by atoms with E-state index in [9.17, 15) is 10.2 Å². The zero-order valence-electron chi connectivity index (χ0n) is 10.1. The summed E-state index contributed by atoms with van der Waals surface area (Å²) >= 11 is 0. The van der Waals surface area contributed by atoms with E-state index in [4.69, 9.17) is 0 Å². The summed E-state index contributed by atoms with van der Waals surface area (Å²) in [5.41, 5.74) is -0.456. The van der Waals surface area contributed by atoms with Gasteiger partial charge < -0.3 is 15.5 Å². The number of hydrogen-bond donors (Lipinski definition) is 3. The fourth-order valence-corrected chi connectivity index (χ4v) is 2.10. The van der Waals surface area contributed by atoms with E-state index in [-0.39, 0.29) is 12.0 Å². The molecule has 0 bridgehead atoms. The Morgan fingerprint density at radius 1 is 1.27 bits per heavy atom. The van der Waals surface area contributed by atoms with Crippen LogP contribution in [-0.2, 0) is 0 Å². The van der Waals surface area contributed by atoms with Gasteiger partial charge in [-0.15, -0.1) is 0 Å². The van der Waals surface area contributed by atoms with Crippen molar-refractivity contribution in [2.45, 2.75) is 51.6 Å². The summed E-state index contributed by atoms with van der Waals surface area (Å²) in [6, 6.07) is 0. The molecule has 0 unspecified atom stereocenters. The molecule has 3 nitrogen and oxygen atoms in total. The van der Waals surface area contributed by atoms with Gasteiger partial charge in [-0.3, -0.25) is 0 Å². The van der Waals surface area contributed by atoms with Crippen LogP contribution in [0.15, 0.2) is 0 Å². The second-order valence-electron chi connectivity index (χ2n) is 5.05. The molecule has 1 rings (SSSR count). The van der Waals surface area contributed by atoms with Crippen molar-refractivity contribution in [1.29, 1.82) is 0 Å². The lowest BCUT2D eigenvalue weighted by atomic mass is 9.79. The molecule has 1 aliphatic rings. The highest BCUT2D eigenvalue weighted by molar-refractivity contribution is 4.90. The Bertz CT molecular complexity index is 178. The van der Waals surface area contributed by atoms with Gasteiger partial charge in [0.05, 0.1) is 5.60 Å². The van der Waals surface area contributed by atoms with Crippen LogP contribution in [0.3, 0.4) is 0 Å². The van der Waals surface area contributed by atoms with Crippen LogP contribution in [0, 0.1) is 5.41 Å². The Kier molecular flexibility index (Phi) is 4.56. The van der Waals surface area contributed by atoms with Crippen LogP contribution in [0.1, 0.15) is 46.0 Å². The van der Waals surface area contributed by atoms with Crippen LogP contribution in [0.2, 0.25) is 0 Å². The lowest BCUT2D eigenvalue weighted by Gasteiger charge is -2.38. The zero-order chi connectivity index (χ0) is 11.4. The third-order valence-electron chi connectivity index (χ3n) is 4.07. The molecule has 0 radical (unpaired) electrons. The maximum atomic E-state index is 9.90. The Morgan fingerprint density at radius 2 is 1.87 bits per heavy atom. The molecular weight excluding hydrogens is 190 g/mol. The molecule has 0 atom stereocenters. The van der Waals surface area contributed by atoms with Crippen LogP contribution >= 0.6 is 0 Å². The van der Waals surface area contributed by atoms with Gasteiger partial charge >= 0.3 is 0 Å². The van der Waals surface area contributed by atoms with Crippen LogP contribution in [-0.4, -0.2) is 35.5 Å². The molecule has 1 aliphatic carbocycles. The molecule has 0 amide bonds. The third kappa shape index (κ3) is 3.16. The van der Waals surface area contributed by atoms with Gasteiger partial charge in [-0.25, -0.2) is 0 Å². The summed E-state index contributed by atoms with van der Waals surface area (Å²) in [7, 11) is 0. The van der Waals surface area contributed by atoms with Gasteiger partial charge in [0.15, 0.2) is 0 Å². The standard InChI is InChI=1S/C12H25NO2/c1-3-11(4-2,10-14)8-13-9-12(15)6-5-7-12/h13-15H,3-10H2,1-2H3. The molecule has 0 aliphatic heterocycles. The molecule has 3 N–H and O–H groups in total. The molecule has 1 fully saturated rings. The largest absolute Gasteiger partial charge is 0.396 e. The van der Waals surface area contributed by atoms with Gasteiger partial charge in [-0.1, -0.05) is 13.8 Å². The van der Waals surface area contributed by atoms with E-state index >= 15 is 0 Å². The molecule has 1 saturated carbocycles. The normalized spacial score (nSPS) is 20.0. The van der Waals surface area contributed by atoms with Crippen molar-refractivity contribution in [3.63, 3.8) is 0 Å². The van der Waals surface area contributed by atoms with Crippen LogP contribution in [0.25, 0.3) is 0 Å². The van der Waals surface area contributed by atoms with Crippen molar-refractivity contribution in [1.82, 2.24) is 5.32 Å². The number of aliphatic hydroxyl groups is 2. The zero-order valence-corrected chi connectivity index (χ0v) is 10.1. The van der Waals surface area contributed by atoms with E-state index < -0.39 is 5.60 Å². The number of hydrogen-bond acceptors (Lipinski definition) is 3. The Morgan fingerprint density at radius 3 is 2.20 bits per heavy atom. The van der Waals surface area contributed by atoms with Crippen LogP contribution in [0.4, 0.5) is 0 Å². The first kappa shape index (κ1) is 12.9. The monoisotopic (exact) mass is 215 g/mol. The molecular formula is C12H25NO2. The quantitative estimate of drug-likeness (QED) is 0.600. The Labute approximate surface area is 92.9 Å². The van der Waals surface area contributed by atoms with E-state index in [1.165, 1.54) is 0 Å². The summed E-state index contributed by atoms with van der Waals surface area (Å²) in [6.45, 7) is 5.93. The summed E-state index contributed by atoms with van der Waals surface area (Å²) in [4.78, 5) is 0. The van der Waals surface area contributed by atoms with Crippen molar-refractivity contribution in [3.8, 4) is 0 Å². The third-order valence-corrected chi connectivity index (χ3v) is 4.07. The average Bonchev–Trinajstić information content (AvgIpc) is 2.23. The molecule has 0 saturated heterocycles. The van der Waals surface area contributed by atoms with Crippen molar-refractivity contribution < 1.29 is 10.2 Å². The Hall–Kier alpha value is -0.120. The smallest absolute Gasteiger partial charge is 0.0771 e. The number of nitrogens with one attached hydrogen (secondary N) is 1. The van der Waals surface area contributed by atoms with E-state index in [0.29, 0.717) is 6.54 Å². The summed E-state index contributed by atoms with van der Waals surface area (Å²) in [6.07, 6.45) is 4.94. The second-order valence-corrected chi connectivity index (χ2v) is 5.05. The van der Waals surface area contributed by atoms with Gasteiger partial charge in [0.25, 0.3) is 0 Å². The predicted molar refractivity (Wildman–Crippen MR) is 61.8 cm³/mol. The highest BCUT2D eigenvalue weighted by Gasteiger charge is 2.34. The van der Waals surface area contributed by atoms with Crippen LogP contribution in [0.5, 0.6) is 0 Å². The molecule has 15 heavy (non-hydrogen) atoms. The summed E-state index contributed by atoms with van der Waals surface area (Å²) < 4.78 is 0. The summed E-state index contributed by atoms with van der Waals surface area (Å²) in [5, 5.41) is 22.6. The van der Waals surface area contributed by atoms with Crippen molar-refractivity contribution in [3.05, 3.63) is 0 Å². The summed E-state index contributed by atoms with van der Waals surface area (Å²) in [5.74, 6) is 0. The minimum absolute atomic E-state index is 0.000106. The molecule has 90 valence electrons. The van der Waals surface area contributed by atoms with E-state index in [1.807, 2.05) is 0 Å². The maximum absolute atomic E-state index is 9.90. The minimum atomic E-state index is -0.456. The molecule has 3 heteroatoms. The topological polar surface area (TPSA) is 52.5 Å². The first-order chi connectivity index (χ1) is 7.10. The fourth-order valence-electron chi connectivity index (χ4n) is 2.10. The SMILES string of the molecule is CCC(CC)(CO)CNCC1(O)CCC1. The predicted octanol–water partition coefficient (Wildman–Crippen LogP) is 1.29. The molecule has 0 aromatic heterocycles. The first-order valence-corrected chi connectivity index (χ1v) is 6.14. The Balaban J connectivity index is 2.27. The molecule has 0 aromatic rings. The van der Waals surface area contributed by atoms with E-state index in [0.717, 1.165) is 38.6 Å². The minimum Gasteiger partial charge on any atom is -0.396 e. The number of aliphatic hydroxyl groups excluding tert-OH is 1. The lowest BCUT2D eigenvalue weighted by molar-refractivity contribution is -0.0342. The van der Waals surface area contributed by atoms with Crippen molar-refractivity contribution in [2.24, 2.45) is 5.41 Å². The van der Waals surface area contributed by atoms with Gasteiger partial charge in [0.1, 0.15) is 0 Å². The number of rotatable bonds is 7. The van der Waals surface area contributed by atoms with Crippen LogP contribution < -0.4 is 5.32 Å². The highest BCUT2D eigenvalue weighted by Crippen LogP contribution is 2.31. The first-order valence-electron chi connectivity index (χ1n) is 6.14. The van der Waals surface area contributed by atoms with Crippen molar-refractivity contribution >= 4 is 0 Å². The molecule has 0 heterocycles. The van der Waals surface area contributed by atoms with Gasteiger partial charge in [0.2, 0.25) is 0 Å². The van der Waals surface area contributed by atoms with Gasteiger partial charge in [-0.2, -0.15) is 0 Å². The second kappa shape index (κ2) is 5.28. The fraction of sp³-hybridized carbons (Fsp3) is 1.00. The van der Waals surface area contributed by atoms with E-state index in [2.05, 4.69) is 19.2 Å². The van der Waals surface area contributed by atoms with E-state index in [1.54, 1.807) is 0 Å². The molecule has 0 aromatic carbocycles. The van der Waals surface area contributed by atoms with Crippen molar-refractivity contribution in [2.75, 3.05) is 19.7 Å². The lowest BCUT2D eigenvalue weighted by Crippen LogP contribution is -2.49. The molecule has 0 spiro atoms. The van der Waals surface area contributed by atoms with Gasteiger partial charge in [-0.05, 0) is 32.1 Å². The van der Waals surface area contributed by atoms with Gasteiger partial charge in [0, 0.05) is 25.1 Å². The highest BCUT2D eigenvalue weighted by atomic mass is 16.3. The maximum Gasteiger partial charge on any atom is 0.0771 e.